The number of carbonyl (C=O) groups excluding carboxylic acids is 1. The molecule has 172 valence electrons. The molecule has 2 aromatic rings. The van der Waals surface area contributed by atoms with Crippen LogP contribution >= 0.6 is 0 Å². The fourth-order valence-corrected chi connectivity index (χ4v) is 5.25. The summed E-state index contributed by atoms with van der Waals surface area (Å²) in [6, 6.07) is 13.5. The van der Waals surface area contributed by atoms with Gasteiger partial charge in [-0.25, -0.2) is 13.6 Å². The summed E-state index contributed by atoms with van der Waals surface area (Å²) >= 11 is 0. The van der Waals surface area contributed by atoms with E-state index in [1.165, 1.54) is 17.7 Å². The highest BCUT2D eigenvalue weighted by atomic mass is 32.2. The van der Waals surface area contributed by atoms with E-state index in [1.807, 2.05) is 19.9 Å². The van der Waals surface area contributed by atoms with Crippen molar-refractivity contribution in [2.24, 2.45) is 5.14 Å². The number of amides is 1. The van der Waals surface area contributed by atoms with E-state index in [0.717, 1.165) is 32.4 Å². The van der Waals surface area contributed by atoms with Crippen LogP contribution in [0.1, 0.15) is 48.2 Å². The number of primary sulfonamides is 1. The minimum atomic E-state index is -3.93. The zero-order valence-electron chi connectivity index (χ0n) is 18.6. The number of hydrogen-bond acceptors (Lipinski definition) is 5. The molecule has 2 aliphatic heterocycles. The van der Waals surface area contributed by atoms with Gasteiger partial charge in [-0.1, -0.05) is 30.3 Å². The summed E-state index contributed by atoms with van der Waals surface area (Å²) in [6.45, 7) is 6.29. The first-order valence-corrected chi connectivity index (χ1v) is 12.6. The van der Waals surface area contributed by atoms with Crippen LogP contribution in [-0.4, -0.2) is 50.5 Å². The molecule has 1 atom stereocenters. The molecule has 3 N–H and O–H groups in total. The minimum Gasteiger partial charge on any atom is -0.486 e. The van der Waals surface area contributed by atoms with E-state index in [1.54, 1.807) is 0 Å². The highest BCUT2D eigenvalue weighted by molar-refractivity contribution is 7.89. The normalized spacial score (nSPS) is 20.0. The number of fused-ring (bicyclic) bond motifs is 1. The van der Waals surface area contributed by atoms with Gasteiger partial charge in [-0.2, -0.15) is 0 Å². The van der Waals surface area contributed by atoms with E-state index in [9.17, 15) is 13.2 Å². The Morgan fingerprint density at radius 1 is 1.25 bits per heavy atom. The van der Waals surface area contributed by atoms with Crippen molar-refractivity contribution in [1.82, 2.24) is 10.2 Å². The Labute approximate surface area is 190 Å². The first kappa shape index (κ1) is 22.8. The Bertz CT molecular complexity index is 1100. The standard InChI is InChI=1S/C24H31N3O4S/c1-24(2)15-18-13-20(32(25,29)30)14-21(22(18)31-24)23(28)26-16-19-9-6-11-27(19)12-10-17-7-4-3-5-8-17/h3-5,7-8,13-14,19H,6,9-12,15-16H2,1-2H3,(H,26,28)(H2,25,29,30)/t19-/m0/s1. The Hall–Kier alpha value is -2.42. The predicted molar refractivity (Wildman–Crippen MR) is 123 cm³/mol. The Balaban J connectivity index is 1.45. The molecule has 4 rings (SSSR count). The highest BCUT2D eigenvalue weighted by Crippen LogP contribution is 2.39. The molecule has 0 spiro atoms. The van der Waals surface area contributed by atoms with Crippen LogP contribution in [0.15, 0.2) is 47.4 Å². The van der Waals surface area contributed by atoms with Gasteiger partial charge in [-0.3, -0.25) is 9.69 Å². The average molecular weight is 458 g/mol. The van der Waals surface area contributed by atoms with Crippen molar-refractivity contribution in [1.29, 1.82) is 0 Å². The van der Waals surface area contributed by atoms with Gasteiger partial charge in [-0.05, 0) is 57.4 Å². The number of benzene rings is 2. The van der Waals surface area contributed by atoms with Gasteiger partial charge >= 0.3 is 0 Å². The third-order valence-electron chi connectivity index (χ3n) is 6.23. The van der Waals surface area contributed by atoms with Crippen LogP contribution in [0.3, 0.4) is 0 Å². The molecule has 1 amide bonds. The van der Waals surface area contributed by atoms with Crippen LogP contribution in [0.2, 0.25) is 0 Å². The Morgan fingerprint density at radius 3 is 2.72 bits per heavy atom. The van der Waals surface area contributed by atoms with Crippen LogP contribution in [0, 0.1) is 0 Å². The van der Waals surface area contributed by atoms with E-state index in [2.05, 4.69) is 34.5 Å². The van der Waals surface area contributed by atoms with Gasteiger partial charge in [0.15, 0.2) is 0 Å². The fraction of sp³-hybridized carbons (Fsp3) is 0.458. The van der Waals surface area contributed by atoms with Crippen molar-refractivity contribution in [3.63, 3.8) is 0 Å². The predicted octanol–water partition coefficient (Wildman–Crippen LogP) is 2.48. The molecule has 2 aliphatic rings. The molecule has 0 aromatic heterocycles. The van der Waals surface area contributed by atoms with Crippen LogP contribution in [0.5, 0.6) is 5.75 Å². The maximum atomic E-state index is 13.1. The van der Waals surface area contributed by atoms with E-state index < -0.39 is 15.6 Å². The van der Waals surface area contributed by atoms with Gasteiger partial charge < -0.3 is 10.1 Å². The minimum absolute atomic E-state index is 0.0620. The zero-order chi connectivity index (χ0) is 22.9. The number of likely N-dealkylation sites (tertiary alicyclic amines) is 1. The van der Waals surface area contributed by atoms with Crippen molar-refractivity contribution in [3.05, 3.63) is 59.2 Å². The number of nitrogens with two attached hydrogens (primary N) is 1. The van der Waals surface area contributed by atoms with E-state index in [0.29, 0.717) is 24.3 Å². The average Bonchev–Trinajstić information content (AvgIpc) is 3.31. The van der Waals surface area contributed by atoms with E-state index >= 15 is 0 Å². The topological polar surface area (TPSA) is 102 Å². The molecule has 7 nitrogen and oxygen atoms in total. The number of nitrogens with one attached hydrogen (secondary N) is 1. The number of hydrogen-bond donors (Lipinski definition) is 2. The summed E-state index contributed by atoms with van der Waals surface area (Å²) in [5.74, 6) is 0.117. The Morgan fingerprint density at radius 2 is 2.00 bits per heavy atom. The molecular weight excluding hydrogens is 426 g/mol. The second-order valence-electron chi connectivity index (χ2n) is 9.32. The maximum absolute atomic E-state index is 13.1. The fourth-order valence-electron chi connectivity index (χ4n) is 4.66. The van der Waals surface area contributed by atoms with Crippen molar-refractivity contribution < 1.29 is 17.9 Å². The van der Waals surface area contributed by atoms with Crippen molar-refractivity contribution in [3.8, 4) is 5.75 Å². The Kier molecular flexibility index (Phi) is 6.29. The van der Waals surface area contributed by atoms with Crippen molar-refractivity contribution in [2.45, 2.75) is 56.1 Å². The summed E-state index contributed by atoms with van der Waals surface area (Å²) in [6.07, 6.45) is 3.61. The molecular formula is C24H31N3O4S. The van der Waals surface area contributed by atoms with Crippen LogP contribution < -0.4 is 15.2 Å². The third kappa shape index (κ3) is 5.14. The monoisotopic (exact) mass is 457 g/mol. The SMILES string of the molecule is CC1(C)Cc2cc(S(N)(=O)=O)cc(C(=O)NC[C@@H]3CCCN3CCc3ccccc3)c2O1. The quantitative estimate of drug-likeness (QED) is 0.665. The lowest BCUT2D eigenvalue weighted by Crippen LogP contribution is -2.41. The highest BCUT2D eigenvalue weighted by Gasteiger charge is 2.35. The second kappa shape index (κ2) is 8.84. The molecule has 0 unspecified atom stereocenters. The van der Waals surface area contributed by atoms with Crippen LogP contribution in [0.25, 0.3) is 0 Å². The first-order valence-electron chi connectivity index (χ1n) is 11.1. The van der Waals surface area contributed by atoms with Gasteiger partial charge in [0.25, 0.3) is 5.91 Å². The van der Waals surface area contributed by atoms with Crippen molar-refractivity contribution in [2.75, 3.05) is 19.6 Å². The van der Waals surface area contributed by atoms with E-state index in [-0.39, 0.29) is 22.4 Å². The lowest BCUT2D eigenvalue weighted by molar-refractivity contribution is 0.0927. The second-order valence-corrected chi connectivity index (χ2v) is 10.9. The smallest absolute Gasteiger partial charge is 0.255 e. The number of ether oxygens (including phenoxy) is 1. The van der Waals surface area contributed by atoms with Crippen LogP contribution in [0.4, 0.5) is 0 Å². The maximum Gasteiger partial charge on any atom is 0.255 e. The van der Waals surface area contributed by atoms with Gasteiger partial charge in [0.2, 0.25) is 10.0 Å². The lowest BCUT2D eigenvalue weighted by atomic mass is 10.0. The summed E-state index contributed by atoms with van der Waals surface area (Å²) in [7, 11) is -3.93. The summed E-state index contributed by atoms with van der Waals surface area (Å²) in [5.41, 5.74) is 1.72. The first-order chi connectivity index (χ1) is 15.1. The van der Waals surface area contributed by atoms with Gasteiger partial charge in [0, 0.05) is 31.1 Å². The molecule has 8 heteroatoms. The van der Waals surface area contributed by atoms with Gasteiger partial charge in [0.1, 0.15) is 11.4 Å². The summed E-state index contributed by atoms with van der Waals surface area (Å²) in [5, 5.41) is 8.36. The number of sulfonamides is 1. The number of nitrogens with zero attached hydrogens (tertiary/aromatic N) is 1. The molecule has 2 heterocycles. The molecule has 0 radical (unpaired) electrons. The number of carbonyl (C=O) groups is 1. The lowest BCUT2D eigenvalue weighted by Gasteiger charge is -2.25. The van der Waals surface area contributed by atoms with Crippen LogP contribution in [-0.2, 0) is 22.9 Å². The van der Waals surface area contributed by atoms with E-state index in [4.69, 9.17) is 9.88 Å². The molecule has 32 heavy (non-hydrogen) atoms. The van der Waals surface area contributed by atoms with Gasteiger partial charge in [0.05, 0.1) is 10.5 Å². The molecule has 0 saturated carbocycles. The molecule has 2 aromatic carbocycles. The number of rotatable bonds is 7. The molecule has 0 aliphatic carbocycles. The molecule has 1 saturated heterocycles. The summed E-state index contributed by atoms with van der Waals surface area (Å²) < 4.78 is 29.9. The third-order valence-corrected chi connectivity index (χ3v) is 7.13. The largest absolute Gasteiger partial charge is 0.486 e. The van der Waals surface area contributed by atoms with Gasteiger partial charge in [-0.15, -0.1) is 0 Å². The zero-order valence-corrected chi connectivity index (χ0v) is 19.5. The van der Waals surface area contributed by atoms with Crippen molar-refractivity contribution >= 4 is 15.9 Å². The summed E-state index contributed by atoms with van der Waals surface area (Å²) in [4.78, 5) is 15.4. The molecule has 1 fully saturated rings. The molecule has 0 bridgehead atoms.